The third-order valence-electron chi connectivity index (χ3n) is 5.16. The minimum absolute atomic E-state index is 0.0216. The van der Waals surface area contributed by atoms with Crippen LogP contribution in [0.15, 0.2) is 53.9 Å². The van der Waals surface area contributed by atoms with Gasteiger partial charge in [0.15, 0.2) is 0 Å². The van der Waals surface area contributed by atoms with Crippen LogP contribution in [0.2, 0.25) is 5.02 Å². The standard InChI is InChI=1S/C23H23ClN4O2S/c1-16(29)25-20-8-4-18(5-9-20)23(30)28-12-10-27(11-13-28)14-22-26-21(15-31-22)17-2-6-19(24)7-3-17/h2-9,15H,10-14H2,1H3,(H,25,29). The van der Waals surface area contributed by atoms with Gasteiger partial charge in [-0.2, -0.15) is 0 Å². The maximum Gasteiger partial charge on any atom is 0.253 e. The molecular weight excluding hydrogens is 432 g/mol. The third-order valence-corrected chi connectivity index (χ3v) is 6.25. The minimum Gasteiger partial charge on any atom is -0.336 e. The molecule has 8 heteroatoms. The van der Waals surface area contributed by atoms with Crippen LogP contribution in [-0.2, 0) is 11.3 Å². The second-order valence-corrected chi connectivity index (χ2v) is 8.84. The first kappa shape index (κ1) is 21.5. The van der Waals surface area contributed by atoms with Gasteiger partial charge < -0.3 is 10.2 Å². The summed E-state index contributed by atoms with van der Waals surface area (Å²) in [4.78, 5) is 32.9. The summed E-state index contributed by atoms with van der Waals surface area (Å²) in [6.07, 6.45) is 0. The number of amides is 2. The molecule has 1 saturated heterocycles. The van der Waals surface area contributed by atoms with E-state index in [1.807, 2.05) is 29.2 Å². The zero-order valence-corrected chi connectivity index (χ0v) is 18.7. The van der Waals surface area contributed by atoms with Crippen molar-refractivity contribution < 1.29 is 9.59 Å². The van der Waals surface area contributed by atoms with E-state index in [2.05, 4.69) is 15.6 Å². The molecule has 3 aromatic rings. The van der Waals surface area contributed by atoms with Gasteiger partial charge in [0.25, 0.3) is 5.91 Å². The smallest absolute Gasteiger partial charge is 0.253 e. The summed E-state index contributed by atoms with van der Waals surface area (Å²) < 4.78 is 0. The van der Waals surface area contributed by atoms with Gasteiger partial charge in [0.2, 0.25) is 5.91 Å². The number of nitrogens with one attached hydrogen (secondary N) is 1. The molecule has 0 radical (unpaired) electrons. The number of rotatable bonds is 5. The van der Waals surface area contributed by atoms with Crippen molar-refractivity contribution >= 4 is 40.4 Å². The maximum atomic E-state index is 12.8. The predicted octanol–water partition coefficient (Wildman–Crippen LogP) is 4.38. The predicted molar refractivity (Wildman–Crippen MR) is 124 cm³/mol. The fourth-order valence-corrected chi connectivity index (χ4v) is 4.49. The van der Waals surface area contributed by atoms with Crippen molar-refractivity contribution in [3.63, 3.8) is 0 Å². The molecule has 0 saturated carbocycles. The lowest BCUT2D eigenvalue weighted by atomic mass is 10.1. The van der Waals surface area contributed by atoms with E-state index >= 15 is 0 Å². The number of anilines is 1. The van der Waals surface area contributed by atoms with Crippen molar-refractivity contribution in [3.05, 3.63) is 69.5 Å². The monoisotopic (exact) mass is 454 g/mol. The first-order valence-corrected chi connectivity index (χ1v) is 11.3. The Morgan fingerprint density at radius 2 is 1.71 bits per heavy atom. The van der Waals surface area contributed by atoms with Crippen LogP contribution >= 0.6 is 22.9 Å². The van der Waals surface area contributed by atoms with Gasteiger partial charge in [-0.1, -0.05) is 23.7 Å². The molecule has 0 aliphatic carbocycles. The molecule has 6 nitrogen and oxygen atoms in total. The molecule has 1 N–H and O–H groups in total. The topological polar surface area (TPSA) is 65.5 Å². The van der Waals surface area contributed by atoms with Gasteiger partial charge in [-0.3, -0.25) is 14.5 Å². The van der Waals surface area contributed by atoms with E-state index in [1.165, 1.54) is 6.92 Å². The maximum absolute atomic E-state index is 12.8. The van der Waals surface area contributed by atoms with Crippen LogP contribution in [0.3, 0.4) is 0 Å². The fraction of sp³-hybridized carbons (Fsp3) is 0.261. The molecule has 0 unspecified atom stereocenters. The van der Waals surface area contributed by atoms with Crippen LogP contribution in [0.25, 0.3) is 11.3 Å². The van der Waals surface area contributed by atoms with E-state index in [4.69, 9.17) is 16.6 Å². The van der Waals surface area contributed by atoms with Gasteiger partial charge in [-0.15, -0.1) is 11.3 Å². The first-order valence-electron chi connectivity index (χ1n) is 10.1. The Morgan fingerprint density at radius 1 is 1.03 bits per heavy atom. The number of nitrogens with zero attached hydrogens (tertiary/aromatic N) is 3. The molecule has 2 amide bonds. The molecule has 0 spiro atoms. The van der Waals surface area contributed by atoms with E-state index in [0.29, 0.717) is 24.3 Å². The quantitative estimate of drug-likeness (QED) is 0.621. The zero-order valence-electron chi connectivity index (χ0n) is 17.2. The fourth-order valence-electron chi connectivity index (χ4n) is 3.52. The lowest BCUT2D eigenvalue weighted by molar-refractivity contribution is -0.114. The summed E-state index contributed by atoms with van der Waals surface area (Å²) >= 11 is 7.62. The van der Waals surface area contributed by atoms with E-state index in [9.17, 15) is 9.59 Å². The van der Waals surface area contributed by atoms with Crippen molar-refractivity contribution in [1.82, 2.24) is 14.8 Å². The Hall–Kier alpha value is -2.74. The van der Waals surface area contributed by atoms with Crippen LogP contribution in [0.4, 0.5) is 5.69 Å². The molecule has 2 heterocycles. The number of halogens is 1. The highest BCUT2D eigenvalue weighted by atomic mass is 35.5. The lowest BCUT2D eigenvalue weighted by Crippen LogP contribution is -2.48. The first-order chi connectivity index (χ1) is 15.0. The molecule has 0 atom stereocenters. The average Bonchev–Trinajstić information content (AvgIpc) is 3.23. The molecule has 4 rings (SSSR count). The summed E-state index contributed by atoms with van der Waals surface area (Å²) in [5.74, 6) is -0.107. The average molecular weight is 455 g/mol. The minimum atomic E-state index is -0.129. The second kappa shape index (κ2) is 9.60. The highest BCUT2D eigenvalue weighted by molar-refractivity contribution is 7.09. The summed E-state index contributed by atoms with van der Waals surface area (Å²) in [6.45, 7) is 5.23. The van der Waals surface area contributed by atoms with E-state index in [1.54, 1.807) is 35.6 Å². The summed E-state index contributed by atoms with van der Waals surface area (Å²) in [5, 5.41) is 6.57. The van der Waals surface area contributed by atoms with Gasteiger partial charge in [-0.05, 0) is 36.4 Å². The zero-order chi connectivity index (χ0) is 21.8. The molecule has 1 aliphatic heterocycles. The Morgan fingerprint density at radius 3 is 2.35 bits per heavy atom. The normalized spacial score (nSPS) is 14.5. The summed E-state index contributed by atoms with van der Waals surface area (Å²) in [7, 11) is 0. The van der Waals surface area contributed by atoms with Crippen molar-refractivity contribution in [1.29, 1.82) is 0 Å². The van der Waals surface area contributed by atoms with E-state index < -0.39 is 0 Å². The molecule has 0 bridgehead atoms. The molecule has 31 heavy (non-hydrogen) atoms. The Kier molecular flexibility index (Phi) is 6.65. The van der Waals surface area contributed by atoms with Crippen molar-refractivity contribution in [3.8, 4) is 11.3 Å². The van der Waals surface area contributed by atoms with Crippen LogP contribution in [0.1, 0.15) is 22.3 Å². The Balaban J connectivity index is 1.30. The van der Waals surface area contributed by atoms with Gasteiger partial charge in [0, 0.05) is 60.3 Å². The lowest BCUT2D eigenvalue weighted by Gasteiger charge is -2.34. The number of hydrogen-bond donors (Lipinski definition) is 1. The molecular formula is C23H23ClN4O2S. The Bertz CT molecular complexity index is 1060. The summed E-state index contributed by atoms with van der Waals surface area (Å²) in [6, 6.07) is 14.7. The van der Waals surface area contributed by atoms with Crippen molar-refractivity contribution in [2.24, 2.45) is 0 Å². The van der Waals surface area contributed by atoms with Crippen molar-refractivity contribution in [2.75, 3.05) is 31.5 Å². The summed E-state index contributed by atoms with van der Waals surface area (Å²) in [5.41, 5.74) is 3.35. The van der Waals surface area contributed by atoms with E-state index in [-0.39, 0.29) is 11.8 Å². The van der Waals surface area contributed by atoms with Gasteiger partial charge in [0.05, 0.1) is 12.2 Å². The SMILES string of the molecule is CC(=O)Nc1ccc(C(=O)N2CCN(Cc3nc(-c4ccc(Cl)cc4)cs3)CC2)cc1. The highest BCUT2D eigenvalue weighted by Gasteiger charge is 2.23. The van der Waals surface area contributed by atoms with Crippen LogP contribution < -0.4 is 5.32 Å². The highest BCUT2D eigenvalue weighted by Crippen LogP contribution is 2.24. The Labute approximate surface area is 190 Å². The number of aromatic nitrogens is 1. The van der Waals surface area contributed by atoms with Gasteiger partial charge >= 0.3 is 0 Å². The number of carbonyl (C=O) groups excluding carboxylic acids is 2. The second-order valence-electron chi connectivity index (χ2n) is 7.46. The number of piperazine rings is 1. The largest absolute Gasteiger partial charge is 0.336 e. The van der Waals surface area contributed by atoms with Crippen LogP contribution in [-0.4, -0.2) is 52.8 Å². The molecule has 160 valence electrons. The number of carbonyl (C=O) groups is 2. The molecule has 1 fully saturated rings. The number of hydrogen-bond acceptors (Lipinski definition) is 5. The molecule has 1 aliphatic rings. The van der Waals surface area contributed by atoms with Gasteiger partial charge in [0.1, 0.15) is 5.01 Å². The molecule has 1 aromatic heterocycles. The van der Waals surface area contributed by atoms with Crippen LogP contribution in [0, 0.1) is 0 Å². The van der Waals surface area contributed by atoms with Crippen molar-refractivity contribution in [2.45, 2.75) is 13.5 Å². The molecule has 2 aromatic carbocycles. The van der Waals surface area contributed by atoms with Gasteiger partial charge in [-0.25, -0.2) is 4.98 Å². The number of benzene rings is 2. The van der Waals surface area contributed by atoms with E-state index in [0.717, 1.165) is 40.9 Å². The van der Waals surface area contributed by atoms with Crippen LogP contribution in [0.5, 0.6) is 0 Å². The third kappa shape index (κ3) is 5.50. The number of thiazole rings is 1.